The van der Waals surface area contributed by atoms with Crippen LogP contribution in [0.25, 0.3) is 0 Å². The Bertz CT molecular complexity index is 413. The summed E-state index contributed by atoms with van der Waals surface area (Å²) in [5.41, 5.74) is 0. The molecular formula is C17H26O5. The molecule has 0 bridgehead atoms. The predicted octanol–water partition coefficient (Wildman–Crippen LogP) is 2.82. The number of rotatable bonds is 10. The van der Waals surface area contributed by atoms with E-state index < -0.39 is 0 Å². The third-order valence-electron chi connectivity index (χ3n) is 3.82. The van der Waals surface area contributed by atoms with Crippen LogP contribution in [0.1, 0.15) is 52.4 Å². The van der Waals surface area contributed by atoms with Gasteiger partial charge in [0.2, 0.25) is 0 Å². The SMILES string of the molecule is CCOC(=O)CCCCCC[C@H]1C(=O)C=C[C@@H]1COC(C)=O. The van der Waals surface area contributed by atoms with E-state index in [1.165, 1.54) is 6.92 Å². The van der Waals surface area contributed by atoms with Crippen molar-refractivity contribution >= 4 is 17.7 Å². The van der Waals surface area contributed by atoms with Crippen LogP contribution in [-0.2, 0) is 23.9 Å². The summed E-state index contributed by atoms with van der Waals surface area (Å²) in [6.45, 7) is 3.89. The monoisotopic (exact) mass is 310 g/mol. The maximum Gasteiger partial charge on any atom is 0.305 e. The van der Waals surface area contributed by atoms with Crippen LogP contribution in [0, 0.1) is 11.8 Å². The van der Waals surface area contributed by atoms with Gasteiger partial charge in [-0.3, -0.25) is 14.4 Å². The molecule has 0 saturated heterocycles. The molecule has 0 heterocycles. The minimum absolute atomic E-state index is 0.0101. The van der Waals surface area contributed by atoms with Crippen molar-refractivity contribution in [2.24, 2.45) is 11.8 Å². The Balaban J connectivity index is 2.15. The van der Waals surface area contributed by atoms with Crippen molar-refractivity contribution in [3.63, 3.8) is 0 Å². The number of ketones is 1. The number of unbranched alkanes of at least 4 members (excludes halogenated alkanes) is 3. The Morgan fingerprint density at radius 3 is 2.55 bits per heavy atom. The molecule has 0 aromatic heterocycles. The second kappa shape index (κ2) is 10.1. The van der Waals surface area contributed by atoms with Gasteiger partial charge in [-0.2, -0.15) is 0 Å². The van der Waals surface area contributed by atoms with Crippen molar-refractivity contribution in [2.45, 2.75) is 52.4 Å². The van der Waals surface area contributed by atoms with Gasteiger partial charge < -0.3 is 9.47 Å². The minimum Gasteiger partial charge on any atom is -0.466 e. The molecule has 0 spiro atoms. The Morgan fingerprint density at radius 1 is 1.14 bits per heavy atom. The highest BCUT2D eigenvalue weighted by Gasteiger charge is 2.30. The zero-order valence-electron chi connectivity index (χ0n) is 13.5. The van der Waals surface area contributed by atoms with Crippen molar-refractivity contribution < 1.29 is 23.9 Å². The van der Waals surface area contributed by atoms with Gasteiger partial charge in [-0.05, 0) is 25.8 Å². The largest absolute Gasteiger partial charge is 0.466 e. The third kappa shape index (κ3) is 6.87. The maximum absolute atomic E-state index is 11.8. The average Bonchev–Trinajstić information content (AvgIpc) is 2.81. The van der Waals surface area contributed by atoms with Crippen molar-refractivity contribution in [2.75, 3.05) is 13.2 Å². The summed E-state index contributed by atoms with van der Waals surface area (Å²) in [6.07, 6.45) is 8.43. The predicted molar refractivity (Wildman–Crippen MR) is 82.1 cm³/mol. The minimum atomic E-state index is -0.314. The van der Waals surface area contributed by atoms with E-state index >= 15 is 0 Å². The Hall–Kier alpha value is -1.65. The molecule has 0 saturated carbocycles. The summed E-state index contributed by atoms with van der Waals surface area (Å²) in [7, 11) is 0. The van der Waals surface area contributed by atoms with E-state index in [1.54, 1.807) is 13.0 Å². The first-order valence-electron chi connectivity index (χ1n) is 8.05. The average molecular weight is 310 g/mol. The van der Waals surface area contributed by atoms with Crippen LogP contribution < -0.4 is 0 Å². The molecule has 5 heteroatoms. The summed E-state index contributed by atoms with van der Waals surface area (Å²) in [5.74, 6) is -0.381. The fourth-order valence-electron chi connectivity index (χ4n) is 2.65. The number of allylic oxidation sites excluding steroid dienone is 1. The van der Waals surface area contributed by atoms with Crippen LogP contribution in [0.3, 0.4) is 0 Å². The van der Waals surface area contributed by atoms with Crippen LogP contribution in [0.2, 0.25) is 0 Å². The first-order chi connectivity index (χ1) is 10.5. The molecule has 124 valence electrons. The van der Waals surface area contributed by atoms with E-state index in [9.17, 15) is 14.4 Å². The van der Waals surface area contributed by atoms with Crippen molar-refractivity contribution in [3.05, 3.63) is 12.2 Å². The lowest BCUT2D eigenvalue weighted by Crippen LogP contribution is -2.21. The smallest absolute Gasteiger partial charge is 0.305 e. The molecule has 1 rings (SSSR count). The number of hydrogen-bond acceptors (Lipinski definition) is 5. The third-order valence-corrected chi connectivity index (χ3v) is 3.82. The second-order valence-electron chi connectivity index (χ2n) is 5.59. The lowest BCUT2D eigenvalue weighted by atomic mass is 9.90. The topological polar surface area (TPSA) is 69.7 Å². The summed E-state index contributed by atoms with van der Waals surface area (Å²) in [6, 6.07) is 0. The van der Waals surface area contributed by atoms with Gasteiger partial charge in [0, 0.05) is 25.2 Å². The molecule has 2 atom stereocenters. The Kier molecular flexibility index (Phi) is 8.48. The van der Waals surface area contributed by atoms with E-state index in [0.717, 1.165) is 32.1 Å². The number of esters is 2. The Morgan fingerprint density at radius 2 is 1.86 bits per heavy atom. The molecule has 0 fully saturated rings. The maximum atomic E-state index is 11.8. The van der Waals surface area contributed by atoms with Gasteiger partial charge in [-0.25, -0.2) is 0 Å². The van der Waals surface area contributed by atoms with Crippen LogP contribution in [0.15, 0.2) is 12.2 Å². The van der Waals surface area contributed by atoms with Crippen molar-refractivity contribution in [3.8, 4) is 0 Å². The first-order valence-corrected chi connectivity index (χ1v) is 8.05. The van der Waals surface area contributed by atoms with Crippen LogP contribution in [0.4, 0.5) is 0 Å². The van der Waals surface area contributed by atoms with Gasteiger partial charge in [0.1, 0.15) is 0 Å². The van der Waals surface area contributed by atoms with E-state index in [1.807, 2.05) is 6.08 Å². The second-order valence-corrected chi connectivity index (χ2v) is 5.59. The molecule has 1 aliphatic carbocycles. The number of carbonyl (C=O) groups is 3. The Labute approximate surface area is 132 Å². The van der Waals surface area contributed by atoms with Gasteiger partial charge >= 0.3 is 11.9 Å². The van der Waals surface area contributed by atoms with Gasteiger partial charge in [-0.15, -0.1) is 0 Å². The van der Waals surface area contributed by atoms with E-state index in [0.29, 0.717) is 13.0 Å². The number of hydrogen-bond donors (Lipinski definition) is 0. The summed E-state index contributed by atoms with van der Waals surface area (Å²) < 4.78 is 9.88. The van der Waals surface area contributed by atoms with Crippen LogP contribution in [0.5, 0.6) is 0 Å². The van der Waals surface area contributed by atoms with Crippen LogP contribution in [-0.4, -0.2) is 30.9 Å². The van der Waals surface area contributed by atoms with Gasteiger partial charge in [0.15, 0.2) is 5.78 Å². The molecule has 0 aliphatic heterocycles. The summed E-state index contributed by atoms with van der Waals surface area (Å²) in [5, 5.41) is 0. The van der Waals surface area contributed by atoms with Gasteiger partial charge in [0.25, 0.3) is 0 Å². The number of carbonyl (C=O) groups excluding carboxylic acids is 3. The quantitative estimate of drug-likeness (QED) is 0.458. The molecule has 0 aromatic rings. The summed E-state index contributed by atoms with van der Waals surface area (Å²) >= 11 is 0. The zero-order valence-corrected chi connectivity index (χ0v) is 13.5. The fraction of sp³-hybridized carbons (Fsp3) is 0.706. The van der Waals surface area contributed by atoms with E-state index in [2.05, 4.69) is 0 Å². The highest BCUT2D eigenvalue weighted by Crippen LogP contribution is 2.28. The molecule has 0 aromatic carbocycles. The van der Waals surface area contributed by atoms with Gasteiger partial charge in [0.05, 0.1) is 13.2 Å². The highest BCUT2D eigenvalue weighted by molar-refractivity contribution is 5.94. The highest BCUT2D eigenvalue weighted by atomic mass is 16.5. The molecule has 1 aliphatic rings. The molecule has 0 amide bonds. The first kappa shape index (κ1) is 18.4. The lowest BCUT2D eigenvalue weighted by molar-refractivity contribution is -0.143. The van der Waals surface area contributed by atoms with Crippen molar-refractivity contribution in [1.29, 1.82) is 0 Å². The molecular weight excluding hydrogens is 284 g/mol. The lowest BCUT2D eigenvalue weighted by Gasteiger charge is -2.17. The molecule has 0 unspecified atom stereocenters. The molecule has 0 N–H and O–H groups in total. The molecule has 22 heavy (non-hydrogen) atoms. The van der Waals surface area contributed by atoms with Gasteiger partial charge in [-0.1, -0.05) is 25.3 Å². The molecule has 0 radical (unpaired) electrons. The zero-order chi connectivity index (χ0) is 16.4. The van der Waals surface area contributed by atoms with E-state index in [4.69, 9.17) is 9.47 Å². The number of ether oxygens (including phenoxy) is 2. The fourth-order valence-corrected chi connectivity index (χ4v) is 2.65. The van der Waals surface area contributed by atoms with Crippen molar-refractivity contribution in [1.82, 2.24) is 0 Å². The summed E-state index contributed by atoms with van der Waals surface area (Å²) in [4.78, 5) is 33.9. The van der Waals surface area contributed by atoms with E-state index in [-0.39, 0.29) is 36.2 Å². The normalized spacial score (nSPS) is 20.2. The standard InChI is InChI=1S/C17H26O5/c1-3-21-17(20)9-7-5-4-6-8-15-14(10-11-16(15)19)12-22-13(2)18/h10-11,14-15H,3-9,12H2,1-2H3/t14-,15-/m1/s1. The molecule has 5 nitrogen and oxygen atoms in total. The van der Waals surface area contributed by atoms with Crippen LogP contribution >= 0.6 is 0 Å².